The van der Waals surface area contributed by atoms with Crippen LogP contribution in [0.4, 0.5) is 5.69 Å². The third-order valence-corrected chi connectivity index (χ3v) is 5.23. The number of nitrogen functional groups attached to an aromatic ring is 1. The van der Waals surface area contributed by atoms with Crippen LogP contribution < -0.4 is 5.73 Å². The number of carbonyl (C=O) groups is 1. The van der Waals surface area contributed by atoms with Crippen LogP contribution in [0.15, 0.2) is 18.2 Å². The van der Waals surface area contributed by atoms with Crippen molar-refractivity contribution in [1.82, 2.24) is 4.90 Å². The Balaban J connectivity index is 1.75. The first-order valence-corrected chi connectivity index (χ1v) is 7.87. The molecule has 21 heavy (non-hydrogen) atoms. The summed E-state index contributed by atoms with van der Waals surface area (Å²) in [4.78, 5) is 14.5. The maximum atomic E-state index is 12.6. The Morgan fingerprint density at radius 2 is 2.19 bits per heavy atom. The number of fused-ring (bicyclic) bond motifs is 1. The van der Waals surface area contributed by atoms with Gasteiger partial charge in [-0.1, -0.05) is 12.8 Å². The summed E-state index contributed by atoms with van der Waals surface area (Å²) in [6, 6.07) is 5.45. The molecule has 0 radical (unpaired) electrons. The van der Waals surface area contributed by atoms with Gasteiger partial charge in [-0.05, 0) is 49.9 Å². The molecule has 1 aliphatic carbocycles. The van der Waals surface area contributed by atoms with Gasteiger partial charge in [-0.25, -0.2) is 0 Å². The Hall–Kier alpha value is -1.55. The van der Waals surface area contributed by atoms with Crippen LogP contribution in [0.3, 0.4) is 0 Å². The molecule has 1 amide bonds. The van der Waals surface area contributed by atoms with E-state index in [9.17, 15) is 9.90 Å². The van der Waals surface area contributed by atoms with Crippen LogP contribution in [0.5, 0.6) is 0 Å². The molecule has 2 unspecified atom stereocenters. The van der Waals surface area contributed by atoms with Gasteiger partial charge in [-0.15, -0.1) is 0 Å². The van der Waals surface area contributed by atoms with Gasteiger partial charge < -0.3 is 15.7 Å². The first-order chi connectivity index (χ1) is 9.99. The van der Waals surface area contributed by atoms with Crippen molar-refractivity contribution in [3.05, 3.63) is 29.3 Å². The lowest BCUT2D eigenvalue weighted by atomic mass is 9.71. The number of aliphatic hydroxyl groups is 1. The SMILES string of the molecule is Cc1cc(C(=O)N2CCC3(O)CCCCC3C2)ccc1N. The number of carbonyl (C=O) groups excluding carboxylic acids is 1. The molecular weight excluding hydrogens is 264 g/mol. The number of rotatable bonds is 1. The predicted octanol–water partition coefficient (Wildman–Crippen LogP) is 2.34. The maximum Gasteiger partial charge on any atom is 0.253 e. The van der Waals surface area contributed by atoms with E-state index in [4.69, 9.17) is 5.73 Å². The van der Waals surface area contributed by atoms with Gasteiger partial charge in [0.25, 0.3) is 5.91 Å². The van der Waals surface area contributed by atoms with Gasteiger partial charge in [0.05, 0.1) is 5.60 Å². The molecule has 0 spiro atoms. The van der Waals surface area contributed by atoms with Crippen LogP contribution in [0.1, 0.15) is 48.0 Å². The summed E-state index contributed by atoms with van der Waals surface area (Å²) in [5.41, 5.74) is 7.63. The lowest BCUT2D eigenvalue weighted by molar-refractivity contribution is -0.0886. The second-order valence-electron chi connectivity index (χ2n) is 6.62. The monoisotopic (exact) mass is 288 g/mol. The number of amides is 1. The molecular formula is C17H24N2O2. The van der Waals surface area contributed by atoms with Crippen LogP contribution in [0.2, 0.25) is 0 Å². The fourth-order valence-electron chi connectivity index (χ4n) is 3.75. The van der Waals surface area contributed by atoms with Crippen molar-refractivity contribution in [2.75, 3.05) is 18.8 Å². The Morgan fingerprint density at radius 3 is 2.95 bits per heavy atom. The summed E-state index contributed by atoms with van der Waals surface area (Å²) in [5.74, 6) is 0.296. The highest BCUT2D eigenvalue weighted by Gasteiger charge is 2.43. The highest BCUT2D eigenvalue weighted by Crippen LogP contribution is 2.40. The molecule has 1 heterocycles. The molecule has 2 aliphatic rings. The van der Waals surface area contributed by atoms with Crippen LogP contribution in [0, 0.1) is 12.8 Å². The van der Waals surface area contributed by atoms with Crippen LogP contribution in [-0.2, 0) is 0 Å². The Morgan fingerprint density at radius 1 is 1.38 bits per heavy atom. The lowest BCUT2D eigenvalue weighted by Crippen LogP contribution is -2.54. The second-order valence-corrected chi connectivity index (χ2v) is 6.62. The largest absolute Gasteiger partial charge is 0.399 e. The van der Waals surface area contributed by atoms with Gasteiger partial charge in [0.1, 0.15) is 0 Å². The van der Waals surface area contributed by atoms with E-state index in [1.54, 1.807) is 12.1 Å². The first kappa shape index (κ1) is 14.4. The standard InChI is InChI=1S/C17H24N2O2/c1-12-10-13(5-6-15(12)18)16(20)19-9-8-17(21)7-3-2-4-14(17)11-19/h5-6,10,14,21H,2-4,7-9,11,18H2,1H3. The average Bonchev–Trinajstić information content (AvgIpc) is 2.48. The number of hydrogen-bond acceptors (Lipinski definition) is 3. The van der Waals surface area contributed by atoms with Crippen molar-refractivity contribution >= 4 is 11.6 Å². The molecule has 0 bridgehead atoms. The summed E-state index contributed by atoms with van der Waals surface area (Å²) in [7, 11) is 0. The van der Waals surface area contributed by atoms with Gasteiger partial charge in [0, 0.05) is 30.3 Å². The Labute approximate surface area is 125 Å². The predicted molar refractivity (Wildman–Crippen MR) is 83.0 cm³/mol. The fourth-order valence-corrected chi connectivity index (χ4v) is 3.75. The number of anilines is 1. The van der Waals surface area contributed by atoms with Gasteiger partial charge in [0.2, 0.25) is 0 Å². The van der Waals surface area contributed by atoms with Crippen LogP contribution in [-0.4, -0.2) is 34.6 Å². The summed E-state index contributed by atoms with van der Waals surface area (Å²) in [6.45, 7) is 3.25. The van der Waals surface area contributed by atoms with E-state index in [0.29, 0.717) is 30.8 Å². The molecule has 1 saturated heterocycles. The van der Waals surface area contributed by atoms with Gasteiger partial charge >= 0.3 is 0 Å². The zero-order chi connectivity index (χ0) is 15.0. The molecule has 4 heteroatoms. The minimum Gasteiger partial charge on any atom is -0.399 e. The third-order valence-electron chi connectivity index (χ3n) is 5.23. The highest BCUT2D eigenvalue weighted by molar-refractivity contribution is 5.95. The van der Waals surface area contributed by atoms with Crippen molar-refractivity contribution in [3.8, 4) is 0 Å². The number of nitrogens with two attached hydrogens (primary N) is 1. The highest BCUT2D eigenvalue weighted by atomic mass is 16.3. The quantitative estimate of drug-likeness (QED) is 0.780. The van der Waals surface area contributed by atoms with Crippen molar-refractivity contribution in [1.29, 1.82) is 0 Å². The van der Waals surface area contributed by atoms with Crippen molar-refractivity contribution in [2.45, 2.75) is 44.6 Å². The molecule has 114 valence electrons. The topological polar surface area (TPSA) is 66.6 Å². The number of piperidine rings is 1. The zero-order valence-electron chi connectivity index (χ0n) is 12.6. The van der Waals surface area contributed by atoms with E-state index in [1.165, 1.54) is 0 Å². The van der Waals surface area contributed by atoms with E-state index in [-0.39, 0.29) is 11.8 Å². The molecule has 4 nitrogen and oxygen atoms in total. The number of aryl methyl sites for hydroxylation is 1. The smallest absolute Gasteiger partial charge is 0.253 e. The zero-order valence-corrected chi connectivity index (χ0v) is 12.6. The first-order valence-electron chi connectivity index (χ1n) is 7.87. The lowest BCUT2D eigenvalue weighted by Gasteiger charge is -2.47. The molecule has 3 N–H and O–H groups in total. The number of nitrogens with zero attached hydrogens (tertiary/aromatic N) is 1. The number of benzene rings is 1. The molecule has 1 aromatic carbocycles. The maximum absolute atomic E-state index is 12.6. The molecule has 2 atom stereocenters. The normalized spacial score (nSPS) is 29.0. The molecule has 0 aromatic heterocycles. The molecule has 2 fully saturated rings. The van der Waals surface area contributed by atoms with E-state index in [2.05, 4.69) is 0 Å². The molecule has 3 rings (SSSR count). The van der Waals surface area contributed by atoms with E-state index < -0.39 is 5.60 Å². The minimum atomic E-state index is -0.536. The summed E-state index contributed by atoms with van der Waals surface area (Å²) in [5, 5.41) is 10.7. The third kappa shape index (κ3) is 2.64. The average molecular weight is 288 g/mol. The minimum absolute atomic E-state index is 0.0609. The number of likely N-dealkylation sites (tertiary alicyclic amines) is 1. The van der Waals surface area contributed by atoms with E-state index in [0.717, 1.165) is 31.2 Å². The molecule has 1 saturated carbocycles. The number of hydrogen-bond donors (Lipinski definition) is 2. The van der Waals surface area contributed by atoms with Crippen molar-refractivity contribution in [3.63, 3.8) is 0 Å². The molecule has 1 aromatic rings. The summed E-state index contributed by atoms with van der Waals surface area (Å²) < 4.78 is 0. The van der Waals surface area contributed by atoms with E-state index >= 15 is 0 Å². The van der Waals surface area contributed by atoms with Gasteiger partial charge in [-0.2, -0.15) is 0 Å². The van der Waals surface area contributed by atoms with Crippen LogP contribution in [0.25, 0.3) is 0 Å². The summed E-state index contributed by atoms with van der Waals surface area (Å²) in [6.07, 6.45) is 4.90. The van der Waals surface area contributed by atoms with Crippen molar-refractivity contribution < 1.29 is 9.90 Å². The Bertz CT molecular complexity index is 558. The van der Waals surface area contributed by atoms with Gasteiger partial charge in [0.15, 0.2) is 0 Å². The Kier molecular flexibility index (Phi) is 3.66. The van der Waals surface area contributed by atoms with Crippen molar-refractivity contribution in [2.24, 2.45) is 5.92 Å². The van der Waals surface area contributed by atoms with Gasteiger partial charge in [-0.3, -0.25) is 4.79 Å². The second kappa shape index (κ2) is 5.34. The van der Waals surface area contributed by atoms with Crippen LogP contribution >= 0.6 is 0 Å². The van der Waals surface area contributed by atoms with E-state index in [1.807, 2.05) is 17.9 Å². The fraction of sp³-hybridized carbons (Fsp3) is 0.588. The summed E-state index contributed by atoms with van der Waals surface area (Å²) >= 11 is 0. The molecule has 1 aliphatic heterocycles.